The predicted molar refractivity (Wildman–Crippen MR) is 72.4 cm³/mol. The van der Waals surface area contributed by atoms with Gasteiger partial charge in [-0.2, -0.15) is 5.26 Å². The Morgan fingerprint density at radius 3 is 2.35 bits per heavy atom. The van der Waals surface area contributed by atoms with Gasteiger partial charge in [0.15, 0.2) is 0 Å². The first-order valence-electron chi connectivity index (χ1n) is 5.88. The van der Waals surface area contributed by atoms with Crippen molar-refractivity contribution >= 4 is 16.0 Å². The van der Waals surface area contributed by atoms with E-state index in [1.165, 1.54) is 24.3 Å². The Bertz CT molecular complexity index is 627. The molecular weight excluding hydrogens is 280 g/mol. The third kappa shape index (κ3) is 4.64. The van der Waals surface area contributed by atoms with Crippen LogP contribution in [-0.2, 0) is 21.2 Å². The van der Waals surface area contributed by atoms with E-state index in [-0.39, 0.29) is 17.9 Å². The second-order valence-corrected chi connectivity index (χ2v) is 6.80. The zero-order chi connectivity index (χ0) is 15.4. The van der Waals surface area contributed by atoms with E-state index in [0.717, 1.165) is 0 Å². The predicted octanol–water partition coefficient (Wildman–Crippen LogP) is 1.14. The minimum Gasteiger partial charge on any atom is -0.481 e. The number of benzene rings is 1. The molecule has 1 aromatic carbocycles. The summed E-state index contributed by atoms with van der Waals surface area (Å²) in [6.45, 7) is 3.26. The van der Waals surface area contributed by atoms with Crippen molar-refractivity contribution in [2.45, 2.75) is 25.2 Å². The molecule has 0 spiro atoms. The fraction of sp³-hybridized carbons (Fsp3) is 0.385. The number of sulfonamides is 1. The van der Waals surface area contributed by atoms with Gasteiger partial charge in [0, 0.05) is 6.54 Å². The van der Waals surface area contributed by atoms with Gasteiger partial charge in [0.25, 0.3) is 0 Å². The van der Waals surface area contributed by atoms with Gasteiger partial charge in [-0.05, 0) is 31.5 Å². The van der Waals surface area contributed by atoms with Gasteiger partial charge in [-0.15, -0.1) is 0 Å². The Hall–Kier alpha value is -1.91. The normalized spacial score (nSPS) is 11.8. The van der Waals surface area contributed by atoms with E-state index in [9.17, 15) is 13.2 Å². The summed E-state index contributed by atoms with van der Waals surface area (Å²) >= 11 is 0. The lowest BCUT2D eigenvalue weighted by molar-refractivity contribution is -0.136. The van der Waals surface area contributed by atoms with Crippen molar-refractivity contribution in [3.8, 4) is 6.07 Å². The Morgan fingerprint density at radius 1 is 1.35 bits per heavy atom. The molecule has 0 bridgehead atoms. The Morgan fingerprint density at radius 2 is 1.90 bits per heavy atom. The molecule has 1 rings (SSSR count). The molecule has 0 fully saturated rings. The number of aliphatic carboxylic acids is 1. The molecule has 0 unspecified atom stereocenters. The number of hydrogen-bond donors (Lipinski definition) is 2. The van der Waals surface area contributed by atoms with E-state index >= 15 is 0 Å². The quantitative estimate of drug-likeness (QED) is 0.818. The molecule has 0 aliphatic carbocycles. The summed E-state index contributed by atoms with van der Waals surface area (Å²) in [7, 11) is -3.70. The number of nitrogens with zero attached hydrogens (tertiary/aromatic N) is 1. The topological polar surface area (TPSA) is 107 Å². The van der Waals surface area contributed by atoms with Crippen molar-refractivity contribution in [1.82, 2.24) is 4.72 Å². The van der Waals surface area contributed by atoms with Crippen molar-refractivity contribution in [1.29, 1.82) is 5.26 Å². The number of carbonyl (C=O) groups is 1. The minimum absolute atomic E-state index is 0.00269. The zero-order valence-corrected chi connectivity index (χ0v) is 12.1. The van der Waals surface area contributed by atoms with E-state index < -0.39 is 21.4 Å². The summed E-state index contributed by atoms with van der Waals surface area (Å²) in [6, 6.07) is 7.61. The van der Waals surface area contributed by atoms with E-state index in [4.69, 9.17) is 10.4 Å². The van der Waals surface area contributed by atoms with Crippen molar-refractivity contribution in [2.24, 2.45) is 5.41 Å². The molecule has 0 atom stereocenters. The number of nitriles is 1. The van der Waals surface area contributed by atoms with Crippen molar-refractivity contribution in [3.63, 3.8) is 0 Å². The van der Waals surface area contributed by atoms with E-state index in [0.29, 0.717) is 5.56 Å². The van der Waals surface area contributed by atoms with Crippen molar-refractivity contribution in [2.75, 3.05) is 6.54 Å². The summed E-state index contributed by atoms with van der Waals surface area (Å²) in [5.74, 6) is -0.977. The Balaban J connectivity index is 2.83. The zero-order valence-electron chi connectivity index (χ0n) is 11.3. The maximum Gasteiger partial charge on any atom is 0.307 e. The van der Waals surface area contributed by atoms with E-state index in [2.05, 4.69) is 4.72 Å². The van der Waals surface area contributed by atoms with Crippen LogP contribution in [0.2, 0.25) is 0 Å². The van der Waals surface area contributed by atoms with Gasteiger partial charge in [-0.25, -0.2) is 13.1 Å². The highest BCUT2D eigenvalue weighted by atomic mass is 32.2. The molecular formula is C13H16N2O4S. The first-order valence-corrected chi connectivity index (χ1v) is 7.36. The summed E-state index contributed by atoms with van der Waals surface area (Å²) in [4.78, 5) is 10.6. The van der Waals surface area contributed by atoms with Gasteiger partial charge < -0.3 is 5.11 Å². The molecule has 0 aliphatic heterocycles. The fourth-order valence-corrected chi connectivity index (χ4v) is 2.57. The standard InChI is InChI=1S/C13H16N2O4S/c1-13(2,8-14)9-15-20(18,19)11-5-3-10(4-6-11)7-12(16)17/h3-6,15H,7,9H2,1-2H3,(H,16,17). The number of nitrogens with one attached hydrogen (secondary N) is 1. The number of carboxylic acid groups (broad SMARTS) is 1. The monoisotopic (exact) mass is 296 g/mol. The maximum absolute atomic E-state index is 12.0. The van der Waals surface area contributed by atoms with Gasteiger partial charge >= 0.3 is 5.97 Å². The number of carboxylic acids is 1. The molecule has 1 aromatic rings. The molecule has 0 saturated heterocycles. The summed E-state index contributed by atoms with van der Waals surface area (Å²) in [6.07, 6.45) is -0.158. The second kappa shape index (κ2) is 6.03. The Kier molecular flexibility index (Phi) is 4.87. The van der Waals surface area contributed by atoms with Crippen LogP contribution in [0.4, 0.5) is 0 Å². The molecule has 0 radical (unpaired) electrons. The van der Waals surface area contributed by atoms with Crippen molar-refractivity contribution < 1.29 is 18.3 Å². The van der Waals surface area contributed by atoms with Crippen LogP contribution in [0.3, 0.4) is 0 Å². The maximum atomic E-state index is 12.0. The van der Waals surface area contributed by atoms with E-state index in [1.807, 2.05) is 6.07 Å². The highest BCUT2D eigenvalue weighted by molar-refractivity contribution is 7.89. The summed E-state index contributed by atoms with van der Waals surface area (Å²) in [5.41, 5.74) is -0.273. The molecule has 0 saturated carbocycles. The summed E-state index contributed by atoms with van der Waals surface area (Å²) in [5, 5.41) is 17.5. The molecule has 0 heterocycles. The van der Waals surface area contributed by atoms with Crippen LogP contribution in [0.25, 0.3) is 0 Å². The first kappa shape index (κ1) is 16.1. The third-order valence-electron chi connectivity index (χ3n) is 2.60. The second-order valence-electron chi connectivity index (χ2n) is 5.03. The van der Waals surface area contributed by atoms with Crippen LogP contribution in [-0.4, -0.2) is 26.0 Å². The van der Waals surface area contributed by atoms with Gasteiger partial charge in [0.05, 0.1) is 22.8 Å². The van der Waals surface area contributed by atoms with Gasteiger partial charge in [0.2, 0.25) is 10.0 Å². The molecule has 108 valence electrons. The summed E-state index contributed by atoms with van der Waals surface area (Å²) < 4.78 is 26.3. The smallest absolute Gasteiger partial charge is 0.307 e. The average Bonchev–Trinajstić information content (AvgIpc) is 2.37. The number of rotatable bonds is 6. The number of hydrogen-bond acceptors (Lipinski definition) is 4. The fourth-order valence-electron chi connectivity index (χ4n) is 1.36. The van der Waals surface area contributed by atoms with Crippen LogP contribution in [0.15, 0.2) is 29.2 Å². The molecule has 0 aliphatic rings. The van der Waals surface area contributed by atoms with Gasteiger partial charge in [-0.3, -0.25) is 4.79 Å². The molecule has 0 aromatic heterocycles. The van der Waals surface area contributed by atoms with Gasteiger partial charge in [-0.1, -0.05) is 12.1 Å². The van der Waals surface area contributed by atoms with Crippen LogP contribution < -0.4 is 4.72 Å². The van der Waals surface area contributed by atoms with Gasteiger partial charge in [0.1, 0.15) is 0 Å². The lowest BCUT2D eigenvalue weighted by Gasteiger charge is -2.16. The largest absolute Gasteiger partial charge is 0.481 e. The average molecular weight is 296 g/mol. The molecule has 2 N–H and O–H groups in total. The van der Waals surface area contributed by atoms with Crippen LogP contribution in [0.1, 0.15) is 19.4 Å². The highest BCUT2D eigenvalue weighted by Crippen LogP contribution is 2.15. The van der Waals surface area contributed by atoms with Crippen LogP contribution >= 0.6 is 0 Å². The van der Waals surface area contributed by atoms with Crippen molar-refractivity contribution in [3.05, 3.63) is 29.8 Å². The lowest BCUT2D eigenvalue weighted by Crippen LogP contribution is -2.33. The molecule has 20 heavy (non-hydrogen) atoms. The van der Waals surface area contributed by atoms with E-state index in [1.54, 1.807) is 13.8 Å². The lowest BCUT2D eigenvalue weighted by atomic mass is 9.97. The molecule has 0 amide bonds. The van der Waals surface area contributed by atoms with Crippen LogP contribution in [0.5, 0.6) is 0 Å². The van der Waals surface area contributed by atoms with Crippen LogP contribution in [0, 0.1) is 16.7 Å². The third-order valence-corrected chi connectivity index (χ3v) is 4.01. The SMILES string of the molecule is CC(C)(C#N)CNS(=O)(=O)c1ccc(CC(=O)O)cc1. The Labute approximate surface area is 118 Å². The first-order chi connectivity index (χ1) is 9.16. The highest BCUT2D eigenvalue weighted by Gasteiger charge is 2.21. The minimum atomic E-state index is -3.70. The molecule has 7 heteroatoms. The molecule has 6 nitrogen and oxygen atoms in total.